The van der Waals surface area contributed by atoms with Gasteiger partial charge < -0.3 is 15.0 Å². The second-order valence-corrected chi connectivity index (χ2v) is 4.47. The molecule has 1 aliphatic heterocycles. The molecule has 0 aromatic heterocycles. The molecule has 1 aliphatic rings. The van der Waals surface area contributed by atoms with E-state index in [2.05, 4.69) is 17.1 Å². The van der Waals surface area contributed by atoms with Gasteiger partial charge in [0.1, 0.15) is 0 Å². The molecule has 15 heavy (non-hydrogen) atoms. The van der Waals surface area contributed by atoms with E-state index in [4.69, 9.17) is 17.0 Å². The van der Waals surface area contributed by atoms with Crippen molar-refractivity contribution in [1.29, 1.82) is 0 Å². The SMILES string of the molecule is CCC1CCCN(C(=S)NCCOC)C1. The van der Waals surface area contributed by atoms with E-state index in [9.17, 15) is 0 Å². The molecule has 1 N–H and O–H groups in total. The number of rotatable bonds is 4. The van der Waals surface area contributed by atoms with Crippen LogP contribution in [0.3, 0.4) is 0 Å². The van der Waals surface area contributed by atoms with E-state index in [1.165, 1.54) is 19.3 Å². The minimum atomic E-state index is 0.713. The number of hydrogen-bond donors (Lipinski definition) is 1. The van der Waals surface area contributed by atoms with E-state index >= 15 is 0 Å². The Morgan fingerprint density at radius 1 is 1.60 bits per heavy atom. The van der Waals surface area contributed by atoms with Crippen LogP contribution in [0.2, 0.25) is 0 Å². The molecule has 0 amide bonds. The lowest BCUT2D eigenvalue weighted by Gasteiger charge is -2.34. The van der Waals surface area contributed by atoms with Crippen LogP contribution in [0.25, 0.3) is 0 Å². The van der Waals surface area contributed by atoms with Gasteiger partial charge in [-0.15, -0.1) is 0 Å². The molecule has 1 unspecified atom stereocenters. The van der Waals surface area contributed by atoms with Gasteiger partial charge in [0.05, 0.1) is 6.61 Å². The minimum Gasteiger partial charge on any atom is -0.383 e. The zero-order chi connectivity index (χ0) is 11.1. The normalized spacial score (nSPS) is 21.5. The van der Waals surface area contributed by atoms with Gasteiger partial charge in [-0.25, -0.2) is 0 Å². The average molecular weight is 230 g/mol. The first-order chi connectivity index (χ1) is 7.27. The summed E-state index contributed by atoms with van der Waals surface area (Å²) in [4.78, 5) is 2.29. The first-order valence-electron chi connectivity index (χ1n) is 5.79. The molecule has 88 valence electrons. The second kappa shape index (κ2) is 7.01. The van der Waals surface area contributed by atoms with Crippen molar-refractivity contribution in [2.24, 2.45) is 5.92 Å². The molecule has 1 fully saturated rings. The molecule has 0 saturated carbocycles. The highest BCUT2D eigenvalue weighted by atomic mass is 32.1. The average Bonchev–Trinajstić information content (AvgIpc) is 2.29. The fraction of sp³-hybridized carbons (Fsp3) is 0.909. The summed E-state index contributed by atoms with van der Waals surface area (Å²) in [5.74, 6) is 0.820. The van der Waals surface area contributed by atoms with Crippen LogP contribution in [-0.2, 0) is 4.74 Å². The summed E-state index contributed by atoms with van der Waals surface area (Å²) in [5.41, 5.74) is 0. The van der Waals surface area contributed by atoms with E-state index < -0.39 is 0 Å². The molecule has 1 atom stereocenters. The highest BCUT2D eigenvalue weighted by Gasteiger charge is 2.19. The quantitative estimate of drug-likeness (QED) is 0.586. The number of hydrogen-bond acceptors (Lipinski definition) is 2. The van der Waals surface area contributed by atoms with Crippen molar-refractivity contribution in [2.45, 2.75) is 26.2 Å². The minimum absolute atomic E-state index is 0.713. The molecule has 1 rings (SSSR count). The lowest BCUT2D eigenvalue weighted by Crippen LogP contribution is -2.45. The van der Waals surface area contributed by atoms with Crippen LogP contribution in [-0.4, -0.2) is 43.4 Å². The van der Waals surface area contributed by atoms with Gasteiger partial charge in [0, 0.05) is 26.7 Å². The van der Waals surface area contributed by atoms with Crippen LogP contribution in [0.15, 0.2) is 0 Å². The van der Waals surface area contributed by atoms with Crippen LogP contribution >= 0.6 is 12.2 Å². The summed E-state index contributed by atoms with van der Waals surface area (Å²) in [6.45, 7) is 6.01. The number of nitrogens with zero attached hydrogens (tertiary/aromatic N) is 1. The van der Waals surface area contributed by atoms with Crippen molar-refractivity contribution in [2.75, 3.05) is 33.4 Å². The Hall–Kier alpha value is -0.350. The van der Waals surface area contributed by atoms with Crippen molar-refractivity contribution in [3.63, 3.8) is 0 Å². The number of piperidine rings is 1. The van der Waals surface area contributed by atoms with Crippen LogP contribution in [0.4, 0.5) is 0 Å². The molecule has 0 spiro atoms. The Morgan fingerprint density at radius 2 is 2.40 bits per heavy atom. The molecule has 0 aromatic carbocycles. The number of nitrogens with one attached hydrogen (secondary N) is 1. The Bertz CT molecular complexity index is 199. The molecule has 1 heterocycles. The predicted octanol–water partition coefficient (Wildman–Crippen LogP) is 1.63. The van der Waals surface area contributed by atoms with Gasteiger partial charge in [-0.05, 0) is 31.0 Å². The molecule has 3 nitrogen and oxygen atoms in total. The summed E-state index contributed by atoms with van der Waals surface area (Å²) in [6, 6.07) is 0. The molecule has 0 bridgehead atoms. The molecule has 0 radical (unpaired) electrons. The summed E-state index contributed by atoms with van der Waals surface area (Å²) < 4.78 is 4.98. The largest absolute Gasteiger partial charge is 0.383 e. The van der Waals surface area contributed by atoms with Gasteiger partial charge in [-0.2, -0.15) is 0 Å². The van der Waals surface area contributed by atoms with E-state index in [-0.39, 0.29) is 0 Å². The van der Waals surface area contributed by atoms with Crippen molar-refractivity contribution >= 4 is 17.3 Å². The molecular weight excluding hydrogens is 208 g/mol. The summed E-state index contributed by atoms with van der Waals surface area (Å²) in [7, 11) is 1.71. The number of methoxy groups -OCH3 is 1. The van der Waals surface area contributed by atoms with Crippen molar-refractivity contribution < 1.29 is 4.74 Å². The Labute approximate surface area is 98.2 Å². The van der Waals surface area contributed by atoms with Gasteiger partial charge in [0.25, 0.3) is 0 Å². The lowest BCUT2D eigenvalue weighted by atomic mass is 9.96. The van der Waals surface area contributed by atoms with E-state index in [1.54, 1.807) is 7.11 Å². The van der Waals surface area contributed by atoms with Gasteiger partial charge in [-0.1, -0.05) is 13.3 Å². The van der Waals surface area contributed by atoms with Gasteiger partial charge in [0.2, 0.25) is 0 Å². The third kappa shape index (κ3) is 4.34. The standard InChI is InChI=1S/C11H22N2OS/c1-3-10-5-4-7-13(9-10)11(15)12-6-8-14-2/h10H,3-9H2,1-2H3,(H,12,15). The summed E-state index contributed by atoms with van der Waals surface area (Å²) in [6.07, 6.45) is 3.88. The Balaban J connectivity index is 2.25. The van der Waals surface area contributed by atoms with E-state index in [0.29, 0.717) is 6.61 Å². The molecule has 1 saturated heterocycles. The topological polar surface area (TPSA) is 24.5 Å². The fourth-order valence-corrected chi connectivity index (χ4v) is 2.22. The maximum atomic E-state index is 5.35. The smallest absolute Gasteiger partial charge is 0.169 e. The summed E-state index contributed by atoms with van der Waals surface area (Å²) >= 11 is 5.35. The molecule has 4 heteroatoms. The van der Waals surface area contributed by atoms with Crippen LogP contribution in [0.5, 0.6) is 0 Å². The van der Waals surface area contributed by atoms with Crippen LogP contribution in [0.1, 0.15) is 26.2 Å². The van der Waals surface area contributed by atoms with Crippen molar-refractivity contribution in [1.82, 2.24) is 10.2 Å². The zero-order valence-corrected chi connectivity index (χ0v) is 10.6. The van der Waals surface area contributed by atoms with Crippen LogP contribution in [0, 0.1) is 5.92 Å². The monoisotopic (exact) mass is 230 g/mol. The second-order valence-electron chi connectivity index (χ2n) is 4.09. The third-order valence-electron chi connectivity index (χ3n) is 2.97. The molecular formula is C11H22N2OS. The fourth-order valence-electron chi connectivity index (χ4n) is 1.95. The van der Waals surface area contributed by atoms with E-state index in [1.807, 2.05) is 0 Å². The first kappa shape index (κ1) is 12.7. The number of thiocarbonyl (C=S) groups is 1. The molecule has 0 aromatic rings. The highest BCUT2D eigenvalue weighted by Crippen LogP contribution is 2.18. The number of likely N-dealkylation sites (tertiary alicyclic amines) is 1. The van der Waals surface area contributed by atoms with Crippen molar-refractivity contribution in [3.8, 4) is 0 Å². The third-order valence-corrected chi connectivity index (χ3v) is 3.37. The van der Waals surface area contributed by atoms with Gasteiger partial charge in [-0.3, -0.25) is 0 Å². The maximum Gasteiger partial charge on any atom is 0.169 e. The highest BCUT2D eigenvalue weighted by molar-refractivity contribution is 7.80. The Morgan fingerprint density at radius 3 is 3.07 bits per heavy atom. The number of ether oxygens (including phenoxy) is 1. The van der Waals surface area contributed by atoms with Crippen LogP contribution < -0.4 is 5.32 Å². The van der Waals surface area contributed by atoms with Gasteiger partial charge >= 0.3 is 0 Å². The van der Waals surface area contributed by atoms with E-state index in [0.717, 1.165) is 30.7 Å². The van der Waals surface area contributed by atoms with Crippen molar-refractivity contribution in [3.05, 3.63) is 0 Å². The molecule has 0 aliphatic carbocycles. The maximum absolute atomic E-state index is 5.35. The Kier molecular flexibility index (Phi) is 5.95. The zero-order valence-electron chi connectivity index (χ0n) is 9.79. The van der Waals surface area contributed by atoms with Gasteiger partial charge in [0.15, 0.2) is 5.11 Å². The summed E-state index contributed by atoms with van der Waals surface area (Å²) in [5, 5.41) is 4.12. The first-order valence-corrected chi connectivity index (χ1v) is 6.20. The predicted molar refractivity (Wildman–Crippen MR) is 67.1 cm³/mol. The lowest BCUT2D eigenvalue weighted by molar-refractivity contribution is 0.200.